The molecule has 138 valence electrons. The van der Waals surface area contributed by atoms with E-state index in [4.69, 9.17) is 10.5 Å². The molecule has 2 unspecified atom stereocenters. The lowest BCUT2D eigenvalue weighted by molar-refractivity contribution is 0.109. The number of aliphatic imine (C=N–C) groups is 1. The predicted molar refractivity (Wildman–Crippen MR) is 102 cm³/mol. The number of likely N-dealkylation sites (N-methyl/N-ethyl adjacent to an activating group) is 1. The summed E-state index contributed by atoms with van der Waals surface area (Å²) in [4.78, 5) is 9.59. The smallest absolute Gasteiger partial charge is 0.189 e. The molecule has 0 amide bonds. The summed E-state index contributed by atoms with van der Waals surface area (Å²) >= 11 is 0. The van der Waals surface area contributed by atoms with Crippen LogP contribution in [0.5, 0.6) is 5.75 Å². The largest absolute Gasteiger partial charge is 0.493 e. The van der Waals surface area contributed by atoms with Gasteiger partial charge < -0.3 is 20.7 Å². The summed E-state index contributed by atoms with van der Waals surface area (Å²) in [6.45, 7) is 11.6. The van der Waals surface area contributed by atoms with Gasteiger partial charge >= 0.3 is 0 Å². The Morgan fingerprint density at radius 3 is 2.84 bits per heavy atom. The summed E-state index contributed by atoms with van der Waals surface area (Å²) in [5, 5.41) is 3.37. The number of fused-ring (bicyclic) bond motifs is 1. The molecule has 2 aliphatic heterocycles. The molecule has 3 rings (SSSR count). The minimum Gasteiger partial charge on any atom is -0.493 e. The third-order valence-corrected chi connectivity index (χ3v) is 5.28. The topological polar surface area (TPSA) is 66.1 Å². The Morgan fingerprint density at radius 1 is 1.32 bits per heavy atom. The van der Waals surface area contributed by atoms with Crippen LogP contribution in [-0.2, 0) is 0 Å². The minimum absolute atomic E-state index is 0.178. The van der Waals surface area contributed by atoms with E-state index in [-0.39, 0.29) is 6.04 Å². The van der Waals surface area contributed by atoms with E-state index >= 15 is 0 Å². The number of benzene rings is 1. The van der Waals surface area contributed by atoms with Crippen molar-refractivity contribution in [1.29, 1.82) is 0 Å². The first kappa shape index (κ1) is 18.0. The lowest BCUT2D eigenvalue weighted by Crippen LogP contribution is -2.50. The highest BCUT2D eigenvalue weighted by Gasteiger charge is 2.22. The van der Waals surface area contributed by atoms with Gasteiger partial charge in [0.05, 0.1) is 19.2 Å². The fourth-order valence-corrected chi connectivity index (χ4v) is 3.58. The predicted octanol–water partition coefficient (Wildman–Crippen LogP) is 1.44. The SMILES string of the molecule is CCN1CCN(C(C)CN=C(N)NC2CCOc3ccccc32)CC1. The van der Waals surface area contributed by atoms with Crippen LogP contribution in [0.2, 0.25) is 0 Å². The van der Waals surface area contributed by atoms with Gasteiger partial charge in [-0.05, 0) is 19.5 Å². The molecule has 0 bridgehead atoms. The molecule has 3 N–H and O–H groups in total. The average molecular weight is 345 g/mol. The number of ether oxygens (including phenoxy) is 1. The monoisotopic (exact) mass is 345 g/mol. The van der Waals surface area contributed by atoms with Crippen molar-refractivity contribution >= 4 is 5.96 Å². The summed E-state index contributed by atoms with van der Waals surface area (Å²) in [6.07, 6.45) is 0.905. The van der Waals surface area contributed by atoms with Crippen LogP contribution >= 0.6 is 0 Å². The van der Waals surface area contributed by atoms with Crippen LogP contribution in [-0.4, -0.2) is 67.7 Å². The molecule has 2 heterocycles. The summed E-state index contributed by atoms with van der Waals surface area (Å²) in [5.74, 6) is 1.47. The summed E-state index contributed by atoms with van der Waals surface area (Å²) in [6, 6.07) is 8.73. The first-order valence-corrected chi connectivity index (χ1v) is 9.42. The fraction of sp³-hybridized carbons (Fsp3) is 0.632. The van der Waals surface area contributed by atoms with Crippen LogP contribution in [0.15, 0.2) is 29.3 Å². The number of rotatable bonds is 5. The van der Waals surface area contributed by atoms with Gasteiger partial charge in [-0.3, -0.25) is 9.89 Å². The molecule has 2 atom stereocenters. The Hall–Kier alpha value is -1.79. The third-order valence-electron chi connectivity index (χ3n) is 5.28. The highest BCUT2D eigenvalue weighted by Crippen LogP contribution is 2.31. The summed E-state index contributed by atoms with van der Waals surface area (Å²) in [7, 11) is 0. The van der Waals surface area contributed by atoms with Crippen LogP contribution in [0.1, 0.15) is 31.9 Å². The zero-order valence-corrected chi connectivity index (χ0v) is 15.4. The molecule has 0 spiro atoms. The molecular weight excluding hydrogens is 314 g/mol. The van der Waals surface area contributed by atoms with E-state index in [1.807, 2.05) is 18.2 Å². The van der Waals surface area contributed by atoms with E-state index in [0.29, 0.717) is 18.6 Å². The Bertz CT molecular complexity index is 583. The minimum atomic E-state index is 0.178. The van der Waals surface area contributed by atoms with Crippen LogP contribution < -0.4 is 15.8 Å². The number of guanidine groups is 1. The van der Waals surface area contributed by atoms with Crippen LogP contribution in [0, 0.1) is 0 Å². The molecule has 0 aliphatic carbocycles. The van der Waals surface area contributed by atoms with Gasteiger partial charge in [-0.2, -0.15) is 0 Å². The molecule has 0 radical (unpaired) electrons. The maximum atomic E-state index is 6.15. The van der Waals surface area contributed by atoms with Crippen molar-refractivity contribution in [3.63, 3.8) is 0 Å². The number of piperazine rings is 1. The number of para-hydroxylation sites is 1. The molecule has 0 saturated carbocycles. The van der Waals surface area contributed by atoms with Gasteiger partial charge in [-0.1, -0.05) is 25.1 Å². The van der Waals surface area contributed by atoms with Gasteiger partial charge in [0.2, 0.25) is 0 Å². The molecule has 1 fully saturated rings. The maximum absolute atomic E-state index is 6.15. The molecule has 1 aromatic rings. The van der Waals surface area contributed by atoms with Gasteiger partial charge in [0, 0.05) is 44.2 Å². The van der Waals surface area contributed by atoms with Crippen molar-refractivity contribution in [3.05, 3.63) is 29.8 Å². The van der Waals surface area contributed by atoms with Crippen LogP contribution in [0.3, 0.4) is 0 Å². The highest BCUT2D eigenvalue weighted by atomic mass is 16.5. The molecule has 2 aliphatic rings. The normalized spacial score (nSPS) is 23.6. The average Bonchev–Trinajstić information content (AvgIpc) is 2.66. The van der Waals surface area contributed by atoms with Crippen molar-refractivity contribution in [3.8, 4) is 5.75 Å². The molecule has 25 heavy (non-hydrogen) atoms. The quantitative estimate of drug-likeness (QED) is 0.624. The molecule has 1 saturated heterocycles. The number of hydrogen-bond donors (Lipinski definition) is 2. The molecular formula is C19H31N5O. The molecule has 6 heteroatoms. The van der Waals surface area contributed by atoms with E-state index in [1.165, 1.54) is 0 Å². The standard InChI is InChI=1S/C19H31N5O/c1-3-23-9-11-24(12-10-23)15(2)14-21-19(20)22-17-8-13-25-18-7-5-4-6-16(17)18/h4-7,15,17H,3,8-14H2,1-2H3,(H3,20,21,22). The zero-order valence-electron chi connectivity index (χ0n) is 15.4. The Morgan fingerprint density at radius 2 is 2.08 bits per heavy atom. The summed E-state index contributed by atoms with van der Waals surface area (Å²) < 4.78 is 5.70. The Labute approximate surface area is 151 Å². The van der Waals surface area contributed by atoms with E-state index in [2.05, 4.69) is 40.0 Å². The molecule has 0 aromatic heterocycles. The first-order chi connectivity index (χ1) is 12.2. The van der Waals surface area contributed by atoms with E-state index in [9.17, 15) is 0 Å². The third kappa shape index (κ3) is 4.64. The first-order valence-electron chi connectivity index (χ1n) is 9.42. The Kier molecular flexibility index (Phi) is 6.15. The van der Waals surface area contributed by atoms with Crippen LogP contribution in [0.4, 0.5) is 0 Å². The van der Waals surface area contributed by atoms with Crippen molar-refractivity contribution in [2.75, 3.05) is 45.9 Å². The van der Waals surface area contributed by atoms with E-state index < -0.39 is 0 Å². The van der Waals surface area contributed by atoms with Gasteiger partial charge in [-0.25, -0.2) is 0 Å². The van der Waals surface area contributed by atoms with E-state index in [1.54, 1.807) is 0 Å². The summed E-state index contributed by atoms with van der Waals surface area (Å²) in [5.41, 5.74) is 7.32. The fourth-order valence-electron chi connectivity index (χ4n) is 3.58. The zero-order chi connectivity index (χ0) is 17.6. The maximum Gasteiger partial charge on any atom is 0.189 e. The van der Waals surface area contributed by atoms with Gasteiger partial charge in [0.15, 0.2) is 5.96 Å². The number of nitrogens with zero attached hydrogens (tertiary/aromatic N) is 3. The van der Waals surface area contributed by atoms with Gasteiger partial charge in [0.25, 0.3) is 0 Å². The molecule has 6 nitrogen and oxygen atoms in total. The van der Waals surface area contributed by atoms with Crippen LogP contribution in [0.25, 0.3) is 0 Å². The second-order valence-corrected chi connectivity index (χ2v) is 6.92. The number of nitrogens with one attached hydrogen (secondary N) is 1. The lowest BCUT2D eigenvalue weighted by Gasteiger charge is -2.37. The van der Waals surface area contributed by atoms with Gasteiger partial charge in [-0.15, -0.1) is 0 Å². The van der Waals surface area contributed by atoms with Crippen molar-refractivity contribution in [2.45, 2.75) is 32.4 Å². The number of nitrogens with two attached hydrogens (primary N) is 1. The van der Waals surface area contributed by atoms with Crippen molar-refractivity contribution in [1.82, 2.24) is 15.1 Å². The van der Waals surface area contributed by atoms with Gasteiger partial charge in [0.1, 0.15) is 5.75 Å². The van der Waals surface area contributed by atoms with Crippen molar-refractivity contribution in [2.24, 2.45) is 10.7 Å². The highest BCUT2D eigenvalue weighted by molar-refractivity contribution is 5.78. The Balaban J connectivity index is 1.51. The van der Waals surface area contributed by atoms with E-state index in [0.717, 1.165) is 57.0 Å². The lowest BCUT2D eigenvalue weighted by atomic mass is 10.0. The number of hydrogen-bond acceptors (Lipinski definition) is 4. The van der Waals surface area contributed by atoms with Crippen molar-refractivity contribution < 1.29 is 4.74 Å². The molecule has 1 aromatic carbocycles. The second kappa shape index (κ2) is 8.54. The second-order valence-electron chi connectivity index (χ2n) is 6.92.